The third-order valence-corrected chi connectivity index (χ3v) is 7.51. The third kappa shape index (κ3) is 5.58. The van der Waals surface area contributed by atoms with E-state index in [4.69, 9.17) is 4.74 Å². The number of aromatic nitrogens is 1. The quantitative estimate of drug-likeness (QED) is 0.664. The number of pyridine rings is 1. The van der Waals surface area contributed by atoms with Crippen molar-refractivity contribution in [3.05, 3.63) is 54.2 Å². The Bertz CT molecular complexity index is 965. The van der Waals surface area contributed by atoms with Crippen LogP contribution >= 0.6 is 0 Å². The van der Waals surface area contributed by atoms with Gasteiger partial charge in [0.15, 0.2) is 6.10 Å². The van der Waals surface area contributed by atoms with Crippen LogP contribution in [0.1, 0.15) is 50.0 Å². The first-order chi connectivity index (χ1) is 16.6. The average Bonchev–Trinajstić information content (AvgIpc) is 2.88. The SMILES string of the molecule is O=C1CCC(Oc2ccc(C3CCN(CC4CCN(c5ccccn5)CC4)CC3)cc2)C(=O)N1. The zero-order valence-corrected chi connectivity index (χ0v) is 19.7. The molecular formula is C27H34N4O3. The highest BCUT2D eigenvalue weighted by molar-refractivity contribution is 5.99. The molecular weight excluding hydrogens is 428 g/mol. The molecule has 1 aromatic heterocycles. The fourth-order valence-electron chi connectivity index (χ4n) is 5.47. The molecule has 1 unspecified atom stereocenters. The summed E-state index contributed by atoms with van der Waals surface area (Å²) >= 11 is 0. The first kappa shape index (κ1) is 22.8. The topological polar surface area (TPSA) is 74.8 Å². The third-order valence-electron chi connectivity index (χ3n) is 7.51. The number of benzene rings is 1. The molecule has 2 aromatic rings. The number of likely N-dealkylation sites (tertiary alicyclic amines) is 1. The molecule has 1 N–H and O–H groups in total. The summed E-state index contributed by atoms with van der Waals surface area (Å²) in [4.78, 5) is 32.8. The van der Waals surface area contributed by atoms with E-state index in [1.54, 1.807) is 0 Å². The standard InChI is InChI=1S/C27H34N4O3/c32-26-9-8-24(27(33)29-26)34-23-6-4-21(5-7-23)22-12-15-30(16-13-22)19-20-10-17-31(18-11-20)25-3-1-2-14-28-25/h1-7,14,20,22,24H,8-13,15-19H2,(H,29,32,33). The maximum absolute atomic E-state index is 11.9. The molecule has 0 bridgehead atoms. The van der Waals surface area contributed by atoms with E-state index < -0.39 is 6.10 Å². The molecule has 1 atom stereocenters. The van der Waals surface area contributed by atoms with Crippen LogP contribution in [0.5, 0.6) is 5.75 Å². The highest BCUT2D eigenvalue weighted by Gasteiger charge is 2.29. The average molecular weight is 463 g/mol. The minimum absolute atomic E-state index is 0.221. The number of imide groups is 1. The van der Waals surface area contributed by atoms with E-state index in [0.29, 0.717) is 24.5 Å². The predicted molar refractivity (Wildman–Crippen MR) is 131 cm³/mol. The minimum atomic E-state index is -0.581. The Hall–Kier alpha value is -2.93. The van der Waals surface area contributed by atoms with Gasteiger partial charge in [0.05, 0.1) is 0 Å². The van der Waals surface area contributed by atoms with Crippen LogP contribution in [0.25, 0.3) is 0 Å². The molecule has 3 aliphatic rings. The number of nitrogens with zero attached hydrogens (tertiary/aromatic N) is 3. The van der Waals surface area contributed by atoms with Gasteiger partial charge >= 0.3 is 0 Å². The first-order valence-corrected chi connectivity index (χ1v) is 12.6. The molecule has 3 fully saturated rings. The summed E-state index contributed by atoms with van der Waals surface area (Å²) < 4.78 is 5.82. The summed E-state index contributed by atoms with van der Waals surface area (Å²) in [6, 6.07) is 14.3. The summed E-state index contributed by atoms with van der Waals surface area (Å²) in [6.45, 7) is 5.72. The number of nitrogens with one attached hydrogen (secondary N) is 1. The molecule has 2 amide bonds. The van der Waals surface area contributed by atoms with Crippen molar-refractivity contribution >= 4 is 17.6 Å². The van der Waals surface area contributed by atoms with Gasteiger partial charge in [-0.25, -0.2) is 4.98 Å². The van der Waals surface area contributed by atoms with E-state index >= 15 is 0 Å². The Morgan fingerprint density at radius 2 is 1.68 bits per heavy atom. The van der Waals surface area contributed by atoms with E-state index in [9.17, 15) is 9.59 Å². The zero-order chi connectivity index (χ0) is 23.3. The van der Waals surface area contributed by atoms with Crippen molar-refractivity contribution in [3.8, 4) is 5.75 Å². The Balaban J connectivity index is 1.05. The van der Waals surface area contributed by atoms with Gasteiger partial charge in [-0.1, -0.05) is 18.2 Å². The Morgan fingerprint density at radius 3 is 2.35 bits per heavy atom. The second-order valence-corrected chi connectivity index (χ2v) is 9.82. The van der Waals surface area contributed by atoms with Crippen molar-refractivity contribution in [3.63, 3.8) is 0 Å². The summed E-state index contributed by atoms with van der Waals surface area (Å²) in [5.41, 5.74) is 1.35. The molecule has 0 saturated carbocycles. The number of ether oxygens (including phenoxy) is 1. The molecule has 0 radical (unpaired) electrons. The number of carbonyl (C=O) groups excluding carboxylic acids is 2. The van der Waals surface area contributed by atoms with Crippen molar-refractivity contribution in [1.29, 1.82) is 0 Å². The lowest BCUT2D eigenvalue weighted by molar-refractivity contribution is -0.138. The van der Waals surface area contributed by atoms with Gasteiger partial charge in [0, 0.05) is 38.7 Å². The highest BCUT2D eigenvalue weighted by atomic mass is 16.5. The molecule has 34 heavy (non-hydrogen) atoms. The Kier molecular flexibility index (Phi) is 7.09. The minimum Gasteiger partial charge on any atom is -0.481 e. The predicted octanol–water partition coefficient (Wildman–Crippen LogP) is 3.36. The van der Waals surface area contributed by atoms with Gasteiger partial charge < -0.3 is 14.5 Å². The molecule has 5 rings (SSSR count). The van der Waals surface area contributed by atoms with E-state index in [1.165, 1.54) is 37.8 Å². The van der Waals surface area contributed by atoms with Crippen LogP contribution in [0.2, 0.25) is 0 Å². The maximum atomic E-state index is 11.9. The van der Waals surface area contributed by atoms with Gasteiger partial charge in [-0.15, -0.1) is 0 Å². The van der Waals surface area contributed by atoms with E-state index in [0.717, 1.165) is 37.9 Å². The van der Waals surface area contributed by atoms with Gasteiger partial charge in [-0.05, 0) is 80.4 Å². The molecule has 3 saturated heterocycles. The van der Waals surface area contributed by atoms with E-state index in [-0.39, 0.29) is 11.8 Å². The monoisotopic (exact) mass is 462 g/mol. The number of hydrogen-bond acceptors (Lipinski definition) is 6. The summed E-state index contributed by atoms with van der Waals surface area (Å²) in [7, 11) is 0. The summed E-state index contributed by atoms with van der Waals surface area (Å²) in [5, 5.41) is 2.34. The van der Waals surface area contributed by atoms with Crippen molar-refractivity contribution in [1.82, 2.24) is 15.2 Å². The van der Waals surface area contributed by atoms with Crippen molar-refractivity contribution in [2.75, 3.05) is 37.6 Å². The maximum Gasteiger partial charge on any atom is 0.267 e. The highest BCUT2D eigenvalue weighted by Crippen LogP contribution is 2.31. The lowest BCUT2D eigenvalue weighted by atomic mass is 9.88. The largest absolute Gasteiger partial charge is 0.481 e. The Labute approximate surface area is 201 Å². The van der Waals surface area contributed by atoms with Crippen LogP contribution in [0, 0.1) is 5.92 Å². The molecule has 0 spiro atoms. The Morgan fingerprint density at radius 1 is 0.912 bits per heavy atom. The fourth-order valence-corrected chi connectivity index (χ4v) is 5.47. The summed E-state index contributed by atoms with van der Waals surface area (Å²) in [5.74, 6) is 2.59. The number of carbonyl (C=O) groups is 2. The molecule has 0 aliphatic carbocycles. The van der Waals surface area contributed by atoms with Crippen molar-refractivity contribution in [2.45, 2.75) is 50.5 Å². The van der Waals surface area contributed by atoms with Gasteiger partial charge in [0.2, 0.25) is 5.91 Å². The number of anilines is 1. The normalized spacial score (nSPS) is 23.1. The number of hydrogen-bond donors (Lipinski definition) is 1. The lowest BCUT2D eigenvalue weighted by Crippen LogP contribution is -2.46. The van der Waals surface area contributed by atoms with Crippen molar-refractivity contribution < 1.29 is 14.3 Å². The molecule has 7 nitrogen and oxygen atoms in total. The molecule has 3 aliphatic heterocycles. The van der Waals surface area contributed by atoms with Crippen LogP contribution < -0.4 is 15.0 Å². The summed E-state index contributed by atoms with van der Waals surface area (Å²) in [6.07, 6.45) is 6.91. The van der Waals surface area contributed by atoms with Crippen molar-refractivity contribution in [2.24, 2.45) is 5.92 Å². The zero-order valence-electron chi connectivity index (χ0n) is 19.7. The molecule has 180 valence electrons. The van der Waals surface area contributed by atoms with Crippen LogP contribution in [-0.4, -0.2) is 60.5 Å². The number of amides is 2. The second kappa shape index (κ2) is 10.6. The number of piperidine rings is 3. The van der Waals surface area contributed by atoms with Gasteiger partial charge in [0.25, 0.3) is 5.91 Å². The van der Waals surface area contributed by atoms with Crippen LogP contribution in [-0.2, 0) is 9.59 Å². The molecule has 7 heteroatoms. The van der Waals surface area contributed by atoms with E-state index in [2.05, 4.69) is 44.4 Å². The lowest BCUT2D eigenvalue weighted by Gasteiger charge is -2.38. The van der Waals surface area contributed by atoms with Crippen LogP contribution in [0.4, 0.5) is 5.82 Å². The van der Waals surface area contributed by atoms with Gasteiger partial charge in [-0.2, -0.15) is 0 Å². The van der Waals surface area contributed by atoms with Crippen LogP contribution in [0.15, 0.2) is 48.7 Å². The first-order valence-electron chi connectivity index (χ1n) is 12.6. The smallest absolute Gasteiger partial charge is 0.267 e. The van der Waals surface area contributed by atoms with E-state index in [1.807, 2.05) is 24.4 Å². The van der Waals surface area contributed by atoms with Crippen LogP contribution in [0.3, 0.4) is 0 Å². The van der Waals surface area contributed by atoms with Gasteiger partial charge in [-0.3, -0.25) is 14.9 Å². The van der Waals surface area contributed by atoms with Gasteiger partial charge in [0.1, 0.15) is 11.6 Å². The second-order valence-electron chi connectivity index (χ2n) is 9.82. The molecule has 4 heterocycles. The fraction of sp³-hybridized carbons (Fsp3) is 0.519. The molecule has 1 aromatic carbocycles. The number of rotatable bonds is 6.